The number of hydrogen-bond donors (Lipinski definition) is 3. The van der Waals surface area contributed by atoms with Gasteiger partial charge in [0.05, 0.1) is 18.8 Å². The molecule has 2 aliphatic rings. The summed E-state index contributed by atoms with van der Waals surface area (Å²) in [5, 5.41) is 29.4. The first-order chi connectivity index (χ1) is 8.34. The second-order valence-corrected chi connectivity index (χ2v) is 6.20. The summed E-state index contributed by atoms with van der Waals surface area (Å²) in [6.45, 7) is 8.09. The maximum atomic E-state index is 10.9. The largest absolute Gasteiger partial charge is 0.392 e. The highest BCUT2D eigenvalue weighted by atomic mass is 16.3. The Bertz CT molecular complexity index is 431. The van der Waals surface area contributed by atoms with Crippen molar-refractivity contribution >= 4 is 0 Å². The smallest absolute Gasteiger partial charge is 0.0964 e. The maximum absolute atomic E-state index is 10.9. The molecule has 0 amide bonds. The number of rotatable bonds is 2. The van der Waals surface area contributed by atoms with Crippen molar-refractivity contribution in [1.82, 2.24) is 0 Å². The van der Waals surface area contributed by atoms with Crippen molar-refractivity contribution in [3.63, 3.8) is 0 Å². The molecule has 100 valence electrons. The Labute approximate surface area is 108 Å². The van der Waals surface area contributed by atoms with E-state index in [-0.39, 0.29) is 24.5 Å². The number of aliphatic hydroxyl groups excluding tert-OH is 2. The minimum absolute atomic E-state index is 0.0120. The summed E-state index contributed by atoms with van der Waals surface area (Å²) >= 11 is 0. The van der Waals surface area contributed by atoms with E-state index in [0.717, 1.165) is 12.0 Å². The van der Waals surface area contributed by atoms with Crippen molar-refractivity contribution in [3.8, 4) is 0 Å². The molecule has 0 aromatic heterocycles. The minimum atomic E-state index is -0.927. The fraction of sp³-hybridized carbons (Fsp3) is 0.600. The molecule has 3 N–H and O–H groups in total. The zero-order chi connectivity index (χ0) is 13.6. The molecule has 18 heavy (non-hydrogen) atoms. The summed E-state index contributed by atoms with van der Waals surface area (Å²) in [6, 6.07) is 0. The van der Waals surface area contributed by atoms with Crippen LogP contribution in [0, 0.1) is 11.3 Å². The SMILES string of the molecule is C=C1C(=CCO)C(CO)=CC2CC(C)(C)CC12O. The zero-order valence-corrected chi connectivity index (χ0v) is 11.1. The maximum Gasteiger partial charge on any atom is 0.0964 e. The Hall–Kier alpha value is -0.900. The molecule has 1 saturated carbocycles. The summed E-state index contributed by atoms with van der Waals surface area (Å²) in [4.78, 5) is 0. The third kappa shape index (κ3) is 1.96. The molecule has 3 nitrogen and oxygen atoms in total. The normalized spacial score (nSPS) is 36.7. The Balaban J connectivity index is 2.48. The van der Waals surface area contributed by atoms with Gasteiger partial charge in [0, 0.05) is 5.92 Å². The van der Waals surface area contributed by atoms with E-state index in [9.17, 15) is 10.2 Å². The van der Waals surface area contributed by atoms with Gasteiger partial charge in [-0.2, -0.15) is 0 Å². The molecule has 0 spiro atoms. The van der Waals surface area contributed by atoms with Gasteiger partial charge in [-0.15, -0.1) is 0 Å². The molecule has 2 atom stereocenters. The first-order valence-corrected chi connectivity index (χ1v) is 6.39. The van der Waals surface area contributed by atoms with Crippen LogP contribution in [-0.4, -0.2) is 34.1 Å². The summed E-state index contributed by atoms with van der Waals surface area (Å²) in [6.07, 6.45) is 5.12. The monoisotopic (exact) mass is 250 g/mol. The standard InChI is InChI=1S/C15H22O3/c1-10-13(4-5-16)11(8-17)6-12-7-14(2,3)9-15(10,12)18/h4,6,12,16-18H,1,5,7-9H2,2-3H3. The molecule has 0 aliphatic heterocycles. The van der Waals surface area contributed by atoms with E-state index in [1.54, 1.807) is 6.08 Å². The molecule has 2 unspecified atom stereocenters. The lowest BCUT2D eigenvalue weighted by Gasteiger charge is -2.37. The average molecular weight is 250 g/mol. The van der Waals surface area contributed by atoms with Crippen LogP contribution in [0.2, 0.25) is 0 Å². The second kappa shape index (κ2) is 4.34. The van der Waals surface area contributed by atoms with Crippen molar-refractivity contribution in [2.45, 2.75) is 32.3 Å². The van der Waals surface area contributed by atoms with E-state index < -0.39 is 5.60 Å². The van der Waals surface area contributed by atoms with Gasteiger partial charge < -0.3 is 15.3 Å². The van der Waals surface area contributed by atoms with Crippen LogP contribution >= 0.6 is 0 Å². The lowest BCUT2D eigenvalue weighted by atomic mass is 9.73. The summed E-state index contributed by atoms with van der Waals surface area (Å²) in [7, 11) is 0. The summed E-state index contributed by atoms with van der Waals surface area (Å²) in [5.74, 6) is 0.0120. The van der Waals surface area contributed by atoms with Crippen LogP contribution < -0.4 is 0 Å². The van der Waals surface area contributed by atoms with Crippen molar-refractivity contribution in [1.29, 1.82) is 0 Å². The van der Waals surface area contributed by atoms with Crippen molar-refractivity contribution in [2.24, 2.45) is 11.3 Å². The van der Waals surface area contributed by atoms with Gasteiger partial charge in [-0.05, 0) is 35.0 Å². The predicted octanol–water partition coefficient (Wildman–Crippen LogP) is 1.56. The molecule has 0 bridgehead atoms. The Morgan fingerprint density at radius 2 is 2.11 bits per heavy atom. The molecular formula is C15H22O3. The number of aliphatic hydroxyl groups is 3. The molecule has 0 radical (unpaired) electrons. The summed E-state index contributed by atoms with van der Waals surface area (Å²) < 4.78 is 0. The fourth-order valence-corrected chi connectivity index (χ4v) is 3.47. The Kier molecular flexibility index (Phi) is 3.26. The van der Waals surface area contributed by atoms with Gasteiger partial charge in [0.2, 0.25) is 0 Å². The van der Waals surface area contributed by atoms with Gasteiger partial charge in [0.1, 0.15) is 0 Å². The fourth-order valence-electron chi connectivity index (χ4n) is 3.47. The lowest BCUT2D eigenvalue weighted by molar-refractivity contribution is 0.0497. The summed E-state index contributed by atoms with van der Waals surface area (Å²) in [5.41, 5.74) is 1.24. The zero-order valence-electron chi connectivity index (χ0n) is 11.1. The van der Waals surface area contributed by atoms with E-state index in [2.05, 4.69) is 20.4 Å². The number of fused-ring (bicyclic) bond motifs is 1. The van der Waals surface area contributed by atoms with Gasteiger partial charge in [-0.25, -0.2) is 0 Å². The third-order valence-electron chi connectivity index (χ3n) is 4.20. The second-order valence-electron chi connectivity index (χ2n) is 6.20. The van der Waals surface area contributed by atoms with Crippen LogP contribution in [0.5, 0.6) is 0 Å². The Morgan fingerprint density at radius 1 is 1.44 bits per heavy atom. The number of hydrogen-bond acceptors (Lipinski definition) is 3. The van der Waals surface area contributed by atoms with Crippen LogP contribution in [0.25, 0.3) is 0 Å². The highest BCUT2D eigenvalue weighted by Gasteiger charge is 2.52. The quantitative estimate of drug-likeness (QED) is 0.697. The van der Waals surface area contributed by atoms with E-state index >= 15 is 0 Å². The molecule has 3 heteroatoms. The van der Waals surface area contributed by atoms with Crippen molar-refractivity contribution in [3.05, 3.63) is 35.5 Å². The van der Waals surface area contributed by atoms with E-state index in [0.29, 0.717) is 17.6 Å². The van der Waals surface area contributed by atoms with Crippen LogP contribution in [0.15, 0.2) is 35.5 Å². The van der Waals surface area contributed by atoms with Gasteiger partial charge in [-0.3, -0.25) is 0 Å². The molecule has 0 aromatic rings. The van der Waals surface area contributed by atoms with Crippen LogP contribution in [-0.2, 0) is 0 Å². The van der Waals surface area contributed by atoms with Crippen molar-refractivity contribution in [2.75, 3.05) is 13.2 Å². The molecule has 1 fully saturated rings. The van der Waals surface area contributed by atoms with Crippen LogP contribution in [0.4, 0.5) is 0 Å². The van der Waals surface area contributed by atoms with Gasteiger partial charge in [-0.1, -0.05) is 32.6 Å². The molecule has 2 aliphatic carbocycles. The molecule has 2 rings (SSSR count). The molecule has 0 aromatic carbocycles. The minimum Gasteiger partial charge on any atom is -0.392 e. The van der Waals surface area contributed by atoms with Gasteiger partial charge >= 0.3 is 0 Å². The third-order valence-corrected chi connectivity index (χ3v) is 4.20. The average Bonchev–Trinajstić information content (AvgIpc) is 2.53. The van der Waals surface area contributed by atoms with E-state index in [1.807, 2.05) is 6.08 Å². The van der Waals surface area contributed by atoms with Gasteiger partial charge in [0.25, 0.3) is 0 Å². The molecule has 0 heterocycles. The van der Waals surface area contributed by atoms with Crippen LogP contribution in [0.3, 0.4) is 0 Å². The lowest BCUT2D eigenvalue weighted by Crippen LogP contribution is -2.39. The van der Waals surface area contributed by atoms with Gasteiger partial charge in [0.15, 0.2) is 0 Å². The van der Waals surface area contributed by atoms with E-state index in [4.69, 9.17) is 5.11 Å². The highest BCUT2D eigenvalue weighted by Crippen LogP contribution is 2.55. The molecular weight excluding hydrogens is 228 g/mol. The van der Waals surface area contributed by atoms with E-state index in [1.165, 1.54) is 0 Å². The first kappa shape index (κ1) is 13.5. The van der Waals surface area contributed by atoms with Crippen LogP contribution in [0.1, 0.15) is 26.7 Å². The predicted molar refractivity (Wildman–Crippen MR) is 70.9 cm³/mol. The topological polar surface area (TPSA) is 60.7 Å². The molecule has 0 saturated heterocycles. The highest BCUT2D eigenvalue weighted by molar-refractivity contribution is 5.55. The Morgan fingerprint density at radius 3 is 2.67 bits per heavy atom. The first-order valence-electron chi connectivity index (χ1n) is 6.39. The van der Waals surface area contributed by atoms with Crippen molar-refractivity contribution < 1.29 is 15.3 Å².